The number of rotatable bonds is 6. The number of hydrogen-bond acceptors (Lipinski definition) is 5. The number of cyclic esters (lactones) is 1. The molecular weight excluding hydrogens is 462 g/mol. The quantitative estimate of drug-likeness (QED) is 0.533. The normalized spacial score (nSPS) is 19.1. The fourth-order valence-electron chi connectivity index (χ4n) is 4.66. The Kier molecular flexibility index (Phi) is 6.40. The number of amides is 2. The second-order valence-electron chi connectivity index (χ2n) is 8.55. The summed E-state index contributed by atoms with van der Waals surface area (Å²) in [5, 5.41) is 0.367. The van der Waals surface area contributed by atoms with Gasteiger partial charge in [-0.2, -0.15) is 0 Å². The molecule has 0 aliphatic carbocycles. The Morgan fingerprint density at radius 1 is 1.18 bits per heavy atom. The van der Waals surface area contributed by atoms with Gasteiger partial charge in [0.25, 0.3) is 0 Å². The van der Waals surface area contributed by atoms with Crippen LogP contribution in [0.2, 0.25) is 0 Å². The van der Waals surface area contributed by atoms with Gasteiger partial charge in [0, 0.05) is 25.2 Å². The average molecular weight is 487 g/mol. The fourth-order valence-corrected chi connectivity index (χ4v) is 5.45. The molecule has 2 aliphatic heterocycles. The zero-order chi connectivity index (χ0) is 23.7. The van der Waals surface area contributed by atoms with E-state index in [4.69, 9.17) is 4.74 Å². The summed E-state index contributed by atoms with van der Waals surface area (Å²) in [6.45, 7) is 1.48. The standard InChI is InChI=1S/C24H24F2N4O3S/c25-16-11-19(26)22-20(12-16)27-23(28-22)34-14-21(31)29-8-6-17(7-9-29)30-18(13-33-24(30)32)10-15-4-2-1-3-5-15/h1-5,11-12,17-18H,6-10,13-14H2,(H,27,28)/t18-/m1/s1. The number of likely N-dealkylation sites (tertiary alicyclic amines) is 1. The van der Waals surface area contributed by atoms with Gasteiger partial charge in [-0.25, -0.2) is 18.6 Å². The number of H-pyrrole nitrogens is 1. The van der Waals surface area contributed by atoms with Crippen LogP contribution in [-0.4, -0.2) is 69.3 Å². The van der Waals surface area contributed by atoms with Crippen LogP contribution in [0.3, 0.4) is 0 Å². The number of thioether (sulfide) groups is 1. The van der Waals surface area contributed by atoms with Crippen LogP contribution in [-0.2, 0) is 16.0 Å². The lowest BCUT2D eigenvalue weighted by Gasteiger charge is -2.37. The Hall–Kier alpha value is -3.14. The van der Waals surface area contributed by atoms with Crippen molar-refractivity contribution in [1.29, 1.82) is 0 Å². The number of benzene rings is 2. The van der Waals surface area contributed by atoms with Crippen molar-refractivity contribution >= 4 is 34.8 Å². The molecule has 3 heterocycles. The fraction of sp³-hybridized carbons (Fsp3) is 0.375. The van der Waals surface area contributed by atoms with E-state index in [0.29, 0.717) is 37.7 Å². The summed E-state index contributed by atoms with van der Waals surface area (Å²) in [5.41, 5.74) is 1.48. The van der Waals surface area contributed by atoms with E-state index in [9.17, 15) is 18.4 Å². The minimum absolute atomic E-state index is 0.00368. The lowest BCUT2D eigenvalue weighted by Crippen LogP contribution is -2.50. The van der Waals surface area contributed by atoms with Crippen LogP contribution in [0.15, 0.2) is 47.6 Å². The van der Waals surface area contributed by atoms with Crippen LogP contribution < -0.4 is 0 Å². The molecule has 0 radical (unpaired) electrons. The number of aromatic amines is 1. The van der Waals surface area contributed by atoms with Crippen LogP contribution in [0.4, 0.5) is 13.6 Å². The Morgan fingerprint density at radius 3 is 2.71 bits per heavy atom. The summed E-state index contributed by atoms with van der Waals surface area (Å²) in [6, 6.07) is 12.0. The van der Waals surface area contributed by atoms with E-state index in [1.165, 1.54) is 6.07 Å². The summed E-state index contributed by atoms with van der Waals surface area (Å²) in [4.78, 5) is 35.8. The van der Waals surface area contributed by atoms with Gasteiger partial charge >= 0.3 is 6.09 Å². The maximum atomic E-state index is 13.8. The lowest BCUT2D eigenvalue weighted by atomic mass is 9.99. The molecule has 34 heavy (non-hydrogen) atoms. The van der Waals surface area contributed by atoms with Crippen molar-refractivity contribution in [3.05, 3.63) is 59.7 Å². The molecule has 178 valence electrons. The van der Waals surface area contributed by atoms with Gasteiger partial charge in [-0.05, 0) is 30.9 Å². The molecule has 0 spiro atoms. The van der Waals surface area contributed by atoms with Gasteiger partial charge < -0.3 is 14.6 Å². The number of carbonyl (C=O) groups excluding carboxylic acids is 2. The minimum atomic E-state index is -0.738. The molecule has 2 amide bonds. The van der Waals surface area contributed by atoms with Gasteiger partial charge in [0.15, 0.2) is 11.0 Å². The zero-order valence-corrected chi connectivity index (χ0v) is 19.2. The van der Waals surface area contributed by atoms with Crippen molar-refractivity contribution in [3.63, 3.8) is 0 Å². The number of nitrogens with one attached hydrogen (secondary N) is 1. The van der Waals surface area contributed by atoms with Crippen LogP contribution >= 0.6 is 11.8 Å². The number of halogens is 2. The second-order valence-corrected chi connectivity index (χ2v) is 9.52. The van der Waals surface area contributed by atoms with Gasteiger partial charge in [-0.1, -0.05) is 42.1 Å². The molecule has 1 atom stereocenters. The van der Waals surface area contributed by atoms with Crippen molar-refractivity contribution in [1.82, 2.24) is 19.8 Å². The molecule has 0 unspecified atom stereocenters. The highest BCUT2D eigenvalue weighted by molar-refractivity contribution is 7.99. The summed E-state index contributed by atoms with van der Waals surface area (Å²) in [6.07, 6.45) is 1.83. The molecule has 1 aromatic heterocycles. The van der Waals surface area contributed by atoms with Crippen molar-refractivity contribution in [2.45, 2.75) is 36.5 Å². The molecule has 7 nitrogen and oxygen atoms in total. The summed E-state index contributed by atoms with van der Waals surface area (Å²) in [5.74, 6) is -1.34. The first-order valence-electron chi connectivity index (χ1n) is 11.2. The molecule has 0 saturated carbocycles. The Bertz CT molecular complexity index is 1200. The largest absolute Gasteiger partial charge is 0.447 e. The Balaban J connectivity index is 1.15. The van der Waals surface area contributed by atoms with Crippen LogP contribution in [0, 0.1) is 11.6 Å². The molecule has 0 bridgehead atoms. The SMILES string of the molecule is O=C(CSc1nc2c(F)cc(F)cc2[nH]1)N1CCC(N2C(=O)OC[C@H]2Cc2ccccc2)CC1. The van der Waals surface area contributed by atoms with E-state index in [2.05, 4.69) is 9.97 Å². The third-order valence-electron chi connectivity index (χ3n) is 6.34. The Morgan fingerprint density at radius 2 is 1.94 bits per heavy atom. The number of imidazole rings is 1. The monoisotopic (exact) mass is 486 g/mol. The number of fused-ring (bicyclic) bond motifs is 1. The highest BCUT2D eigenvalue weighted by Crippen LogP contribution is 2.27. The van der Waals surface area contributed by atoms with E-state index in [0.717, 1.165) is 29.8 Å². The number of piperidine rings is 1. The van der Waals surface area contributed by atoms with E-state index in [1.807, 2.05) is 35.2 Å². The smallest absolute Gasteiger partial charge is 0.410 e. The first kappa shape index (κ1) is 22.6. The number of aromatic nitrogens is 2. The number of hydrogen-bond donors (Lipinski definition) is 1. The molecule has 5 rings (SSSR count). The molecular formula is C24H24F2N4O3S. The lowest BCUT2D eigenvalue weighted by molar-refractivity contribution is -0.129. The summed E-state index contributed by atoms with van der Waals surface area (Å²) in [7, 11) is 0. The summed E-state index contributed by atoms with van der Waals surface area (Å²) < 4.78 is 32.6. The van der Waals surface area contributed by atoms with Gasteiger partial charge in [0.1, 0.15) is 17.9 Å². The first-order valence-corrected chi connectivity index (χ1v) is 12.2. The maximum absolute atomic E-state index is 13.8. The van der Waals surface area contributed by atoms with Crippen molar-refractivity contribution in [2.75, 3.05) is 25.4 Å². The van der Waals surface area contributed by atoms with Gasteiger partial charge in [-0.15, -0.1) is 0 Å². The highest BCUT2D eigenvalue weighted by atomic mass is 32.2. The minimum Gasteiger partial charge on any atom is -0.447 e. The van der Waals surface area contributed by atoms with Gasteiger partial charge in [0.2, 0.25) is 5.91 Å². The van der Waals surface area contributed by atoms with Gasteiger partial charge in [0.05, 0.1) is 17.3 Å². The second kappa shape index (κ2) is 9.61. The predicted octanol–water partition coefficient (Wildman–Crippen LogP) is 3.99. The maximum Gasteiger partial charge on any atom is 0.410 e. The van der Waals surface area contributed by atoms with Crippen molar-refractivity contribution in [3.8, 4) is 0 Å². The third-order valence-corrected chi connectivity index (χ3v) is 7.20. The van der Waals surface area contributed by atoms with Crippen molar-refractivity contribution in [2.24, 2.45) is 0 Å². The van der Waals surface area contributed by atoms with Crippen molar-refractivity contribution < 1.29 is 23.1 Å². The molecule has 1 N–H and O–H groups in total. The zero-order valence-electron chi connectivity index (χ0n) is 18.4. The molecule has 2 fully saturated rings. The average Bonchev–Trinajstić information content (AvgIpc) is 3.41. The first-order chi connectivity index (χ1) is 16.5. The van der Waals surface area contributed by atoms with E-state index in [1.54, 1.807) is 4.90 Å². The Labute approximate surface area is 199 Å². The number of ether oxygens (including phenoxy) is 1. The number of carbonyl (C=O) groups is 2. The highest BCUT2D eigenvalue weighted by Gasteiger charge is 2.39. The third kappa shape index (κ3) is 4.72. The predicted molar refractivity (Wildman–Crippen MR) is 123 cm³/mol. The van der Waals surface area contributed by atoms with Crippen LogP contribution in [0.1, 0.15) is 18.4 Å². The molecule has 10 heteroatoms. The molecule has 2 saturated heterocycles. The molecule has 3 aromatic rings. The number of nitrogens with zero attached hydrogens (tertiary/aromatic N) is 3. The van der Waals surface area contributed by atoms with E-state index < -0.39 is 11.6 Å². The molecule has 2 aromatic carbocycles. The topological polar surface area (TPSA) is 78.5 Å². The summed E-state index contributed by atoms with van der Waals surface area (Å²) >= 11 is 1.16. The van der Waals surface area contributed by atoms with Crippen LogP contribution in [0.25, 0.3) is 11.0 Å². The van der Waals surface area contributed by atoms with Crippen LogP contribution in [0.5, 0.6) is 0 Å². The molecule has 2 aliphatic rings. The van der Waals surface area contributed by atoms with E-state index >= 15 is 0 Å². The van der Waals surface area contributed by atoms with Gasteiger partial charge in [-0.3, -0.25) is 9.69 Å². The van der Waals surface area contributed by atoms with E-state index in [-0.39, 0.29) is 40.9 Å².